The standard InChI is InChI=1S/C12H21N3O4/c1-4-8(3)14(5-2)12(19)15-7-10(16)13-6-9(15)11(17)18/h8-9H,4-7H2,1-3H3,(H,13,16)(H,17,18). The first-order valence-corrected chi connectivity index (χ1v) is 6.49. The molecule has 0 radical (unpaired) electrons. The molecule has 0 saturated carbocycles. The molecule has 0 aromatic heterocycles. The fourth-order valence-electron chi connectivity index (χ4n) is 2.08. The van der Waals surface area contributed by atoms with Gasteiger partial charge in [-0.05, 0) is 20.3 Å². The maximum absolute atomic E-state index is 12.4. The van der Waals surface area contributed by atoms with Crippen LogP contribution in [0.3, 0.4) is 0 Å². The number of hydrogen-bond donors (Lipinski definition) is 2. The van der Waals surface area contributed by atoms with Crippen molar-refractivity contribution in [3.05, 3.63) is 0 Å². The van der Waals surface area contributed by atoms with Crippen LogP contribution >= 0.6 is 0 Å². The van der Waals surface area contributed by atoms with E-state index in [2.05, 4.69) is 5.32 Å². The van der Waals surface area contributed by atoms with Crippen molar-refractivity contribution < 1.29 is 19.5 Å². The Labute approximate surface area is 112 Å². The summed E-state index contributed by atoms with van der Waals surface area (Å²) < 4.78 is 0. The second-order valence-corrected chi connectivity index (χ2v) is 4.61. The van der Waals surface area contributed by atoms with E-state index >= 15 is 0 Å². The van der Waals surface area contributed by atoms with Crippen molar-refractivity contribution in [2.45, 2.75) is 39.3 Å². The van der Waals surface area contributed by atoms with Gasteiger partial charge >= 0.3 is 12.0 Å². The zero-order chi connectivity index (χ0) is 14.6. The molecule has 0 spiro atoms. The SMILES string of the molecule is CCC(C)N(CC)C(=O)N1CC(=O)NCC1C(=O)O. The average Bonchev–Trinajstić information content (AvgIpc) is 2.38. The van der Waals surface area contributed by atoms with Crippen molar-refractivity contribution in [3.63, 3.8) is 0 Å². The Morgan fingerprint density at radius 1 is 1.53 bits per heavy atom. The highest BCUT2D eigenvalue weighted by Crippen LogP contribution is 2.12. The molecule has 0 aromatic carbocycles. The number of nitrogens with zero attached hydrogens (tertiary/aromatic N) is 2. The van der Waals surface area contributed by atoms with Crippen molar-refractivity contribution in [3.8, 4) is 0 Å². The largest absolute Gasteiger partial charge is 0.480 e. The van der Waals surface area contributed by atoms with E-state index in [0.29, 0.717) is 6.54 Å². The molecule has 2 unspecified atom stereocenters. The molecule has 1 fully saturated rings. The number of carboxylic acids is 1. The summed E-state index contributed by atoms with van der Waals surface area (Å²) in [5, 5.41) is 11.6. The van der Waals surface area contributed by atoms with Crippen LogP contribution in [0.25, 0.3) is 0 Å². The molecule has 108 valence electrons. The van der Waals surface area contributed by atoms with Gasteiger partial charge < -0.3 is 15.3 Å². The lowest BCUT2D eigenvalue weighted by molar-refractivity contribution is -0.144. The molecular formula is C12H21N3O4. The van der Waals surface area contributed by atoms with Gasteiger partial charge in [0.25, 0.3) is 0 Å². The number of carbonyl (C=O) groups excluding carboxylic acids is 2. The Kier molecular flexibility index (Phi) is 5.14. The first-order chi connectivity index (χ1) is 8.92. The van der Waals surface area contributed by atoms with Crippen molar-refractivity contribution in [1.29, 1.82) is 0 Å². The Hall–Kier alpha value is -1.79. The third-order valence-corrected chi connectivity index (χ3v) is 3.42. The van der Waals surface area contributed by atoms with Gasteiger partial charge in [0.1, 0.15) is 12.6 Å². The van der Waals surface area contributed by atoms with Crippen LogP contribution in [0.2, 0.25) is 0 Å². The molecule has 2 N–H and O–H groups in total. The van der Waals surface area contributed by atoms with Crippen LogP contribution in [0, 0.1) is 0 Å². The van der Waals surface area contributed by atoms with Crippen molar-refractivity contribution in [1.82, 2.24) is 15.1 Å². The number of carboxylic acid groups (broad SMARTS) is 1. The normalized spacial score (nSPS) is 20.7. The van der Waals surface area contributed by atoms with E-state index < -0.39 is 12.0 Å². The summed E-state index contributed by atoms with van der Waals surface area (Å²) in [5.74, 6) is -1.43. The Balaban J connectivity index is 2.91. The summed E-state index contributed by atoms with van der Waals surface area (Å²) in [5.41, 5.74) is 0. The predicted molar refractivity (Wildman–Crippen MR) is 68.7 cm³/mol. The highest BCUT2D eigenvalue weighted by atomic mass is 16.4. The van der Waals surface area contributed by atoms with Crippen LogP contribution < -0.4 is 5.32 Å². The van der Waals surface area contributed by atoms with Gasteiger partial charge in [-0.2, -0.15) is 0 Å². The molecule has 7 heteroatoms. The highest BCUT2D eigenvalue weighted by Gasteiger charge is 2.37. The number of hydrogen-bond acceptors (Lipinski definition) is 3. The van der Waals surface area contributed by atoms with Gasteiger partial charge in [-0.3, -0.25) is 9.69 Å². The number of urea groups is 1. The van der Waals surface area contributed by atoms with Crippen LogP contribution in [0.4, 0.5) is 4.79 Å². The van der Waals surface area contributed by atoms with Crippen LogP contribution in [-0.2, 0) is 9.59 Å². The molecule has 1 rings (SSSR count). The molecule has 0 aromatic rings. The molecule has 2 atom stereocenters. The van der Waals surface area contributed by atoms with Crippen LogP contribution in [-0.4, -0.2) is 64.5 Å². The molecule has 1 heterocycles. The maximum atomic E-state index is 12.4. The monoisotopic (exact) mass is 271 g/mol. The van der Waals surface area contributed by atoms with E-state index in [1.165, 1.54) is 0 Å². The van der Waals surface area contributed by atoms with Gasteiger partial charge in [-0.15, -0.1) is 0 Å². The van der Waals surface area contributed by atoms with Crippen LogP contribution in [0.5, 0.6) is 0 Å². The van der Waals surface area contributed by atoms with Gasteiger partial charge in [0.2, 0.25) is 5.91 Å². The van der Waals surface area contributed by atoms with Crippen LogP contribution in [0.15, 0.2) is 0 Å². The smallest absolute Gasteiger partial charge is 0.328 e. The summed E-state index contributed by atoms with van der Waals surface area (Å²) in [7, 11) is 0. The second-order valence-electron chi connectivity index (χ2n) is 4.61. The van der Waals surface area contributed by atoms with E-state index in [1.807, 2.05) is 20.8 Å². The van der Waals surface area contributed by atoms with Crippen molar-refractivity contribution in [2.75, 3.05) is 19.6 Å². The fourth-order valence-corrected chi connectivity index (χ4v) is 2.08. The summed E-state index contributed by atoms with van der Waals surface area (Å²) in [4.78, 5) is 37.7. The van der Waals surface area contributed by atoms with Crippen LogP contribution in [0.1, 0.15) is 27.2 Å². The average molecular weight is 271 g/mol. The fraction of sp³-hybridized carbons (Fsp3) is 0.750. The zero-order valence-corrected chi connectivity index (χ0v) is 11.5. The minimum absolute atomic E-state index is 0.0110. The molecule has 1 aliphatic heterocycles. The quantitative estimate of drug-likeness (QED) is 0.759. The summed E-state index contributed by atoms with van der Waals surface area (Å²) in [6.45, 7) is 5.93. The topological polar surface area (TPSA) is 90.0 Å². The maximum Gasteiger partial charge on any atom is 0.328 e. The lowest BCUT2D eigenvalue weighted by atomic mass is 10.2. The molecule has 1 aliphatic rings. The summed E-state index contributed by atoms with van der Waals surface area (Å²) in [6, 6.07) is -1.38. The summed E-state index contributed by atoms with van der Waals surface area (Å²) in [6.07, 6.45) is 0.775. The number of piperazine rings is 1. The molecule has 3 amide bonds. The molecule has 7 nitrogen and oxygen atoms in total. The first-order valence-electron chi connectivity index (χ1n) is 6.49. The Morgan fingerprint density at radius 2 is 2.16 bits per heavy atom. The van der Waals surface area contributed by atoms with Gasteiger partial charge in [-0.25, -0.2) is 9.59 Å². The predicted octanol–water partition coefficient (Wildman–Crippen LogP) is 0.112. The van der Waals surface area contributed by atoms with Gasteiger partial charge in [0.05, 0.1) is 0 Å². The molecule has 1 saturated heterocycles. The number of nitrogens with one attached hydrogen (secondary N) is 1. The van der Waals surface area contributed by atoms with E-state index in [9.17, 15) is 14.4 Å². The Morgan fingerprint density at radius 3 is 2.63 bits per heavy atom. The molecule has 0 aliphatic carbocycles. The van der Waals surface area contributed by atoms with Gasteiger partial charge in [0, 0.05) is 19.1 Å². The third kappa shape index (κ3) is 3.36. The number of aliphatic carboxylic acids is 1. The summed E-state index contributed by atoms with van der Waals surface area (Å²) >= 11 is 0. The lowest BCUT2D eigenvalue weighted by Gasteiger charge is -2.38. The highest BCUT2D eigenvalue weighted by molar-refractivity contribution is 5.90. The minimum atomic E-state index is -1.10. The van der Waals surface area contributed by atoms with E-state index in [0.717, 1.165) is 11.3 Å². The lowest BCUT2D eigenvalue weighted by Crippen LogP contribution is -2.62. The van der Waals surface area contributed by atoms with Crippen molar-refractivity contribution in [2.24, 2.45) is 0 Å². The molecule has 19 heavy (non-hydrogen) atoms. The number of carbonyl (C=O) groups is 3. The molecular weight excluding hydrogens is 250 g/mol. The van der Waals surface area contributed by atoms with E-state index in [-0.39, 0.29) is 31.1 Å². The third-order valence-electron chi connectivity index (χ3n) is 3.42. The zero-order valence-electron chi connectivity index (χ0n) is 11.5. The first kappa shape index (κ1) is 15.3. The number of rotatable bonds is 4. The van der Waals surface area contributed by atoms with Crippen molar-refractivity contribution >= 4 is 17.9 Å². The van der Waals surface area contributed by atoms with Gasteiger partial charge in [-0.1, -0.05) is 6.92 Å². The molecule has 0 bridgehead atoms. The van der Waals surface area contributed by atoms with E-state index in [4.69, 9.17) is 5.11 Å². The van der Waals surface area contributed by atoms with E-state index in [1.54, 1.807) is 4.90 Å². The second kappa shape index (κ2) is 6.40. The number of amides is 3. The minimum Gasteiger partial charge on any atom is -0.480 e. The Bertz CT molecular complexity index is 372. The van der Waals surface area contributed by atoms with Gasteiger partial charge in [0.15, 0.2) is 0 Å².